The molecule has 0 aliphatic heterocycles. The number of imidazole rings is 1. The summed E-state index contributed by atoms with van der Waals surface area (Å²) in [5.41, 5.74) is 1.64. The molecule has 110 valence electrons. The normalized spacial score (nSPS) is 13.3. The van der Waals surface area contributed by atoms with E-state index < -0.39 is 0 Å². The first-order chi connectivity index (χ1) is 9.49. The van der Waals surface area contributed by atoms with Crippen LogP contribution in [0.25, 0.3) is 11.0 Å². The molecule has 2 aromatic rings. The van der Waals surface area contributed by atoms with Gasteiger partial charge in [-0.25, -0.2) is 9.37 Å². The molecule has 5 heteroatoms. The quantitative estimate of drug-likeness (QED) is 0.597. The van der Waals surface area contributed by atoms with Crippen molar-refractivity contribution < 1.29 is 4.39 Å². The fourth-order valence-corrected chi connectivity index (χ4v) is 2.52. The van der Waals surface area contributed by atoms with Crippen LogP contribution < -0.4 is 0 Å². The van der Waals surface area contributed by atoms with Crippen molar-refractivity contribution in [3.8, 4) is 0 Å². The van der Waals surface area contributed by atoms with Gasteiger partial charge in [-0.3, -0.25) is 0 Å². The zero-order valence-electron chi connectivity index (χ0n) is 12.2. The maximum Gasteiger partial charge on any atom is 0.127 e. The SMILES string of the molecule is CC(Cl)c1nc2cc(F)ccc2n1CCCCN(C)C. The fraction of sp³-hybridized carbons (Fsp3) is 0.533. The molecule has 1 aromatic heterocycles. The van der Waals surface area contributed by atoms with Gasteiger partial charge < -0.3 is 9.47 Å². The van der Waals surface area contributed by atoms with Gasteiger partial charge in [0.25, 0.3) is 0 Å². The number of rotatable bonds is 6. The van der Waals surface area contributed by atoms with Crippen molar-refractivity contribution in [3.63, 3.8) is 0 Å². The van der Waals surface area contributed by atoms with Crippen molar-refractivity contribution in [1.82, 2.24) is 14.5 Å². The van der Waals surface area contributed by atoms with E-state index in [1.807, 2.05) is 6.92 Å². The minimum atomic E-state index is -0.261. The van der Waals surface area contributed by atoms with E-state index in [0.717, 1.165) is 37.3 Å². The highest BCUT2D eigenvalue weighted by atomic mass is 35.5. The number of benzene rings is 1. The van der Waals surface area contributed by atoms with Crippen LogP contribution in [0.5, 0.6) is 0 Å². The minimum absolute atomic E-state index is 0.181. The molecule has 1 heterocycles. The molecule has 0 N–H and O–H groups in total. The second kappa shape index (κ2) is 6.55. The summed E-state index contributed by atoms with van der Waals surface area (Å²) in [4.78, 5) is 6.64. The summed E-state index contributed by atoms with van der Waals surface area (Å²) in [5.74, 6) is 0.556. The van der Waals surface area contributed by atoms with E-state index in [-0.39, 0.29) is 11.2 Å². The molecule has 0 amide bonds. The number of fused-ring (bicyclic) bond motifs is 1. The van der Waals surface area contributed by atoms with E-state index in [9.17, 15) is 4.39 Å². The molecule has 0 aliphatic rings. The van der Waals surface area contributed by atoms with Gasteiger partial charge in [-0.05, 0) is 52.5 Å². The van der Waals surface area contributed by atoms with Crippen LogP contribution in [-0.2, 0) is 6.54 Å². The third-order valence-corrected chi connectivity index (χ3v) is 3.53. The Labute approximate surface area is 124 Å². The topological polar surface area (TPSA) is 21.1 Å². The summed E-state index contributed by atoms with van der Waals surface area (Å²) in [5, 5.41) is -0.181. The highest BCUT2D eigenvalue weighted by molar-refractivity contribution is 6.20. The van der Waals surface area contributed by atoms with Crippen molar-refractivity contribution in [1.29, 1.82) is 0 Å². The van der Waals surface area contributed by atoms with E-state index in [1.54, 1.807) is 6.07 Å². The summed E-state index contributed by atoms with van der Waals surface area (Å²) in [6.07, 6.45) is 2.17. The molecule has 2 rings (SSSR count). The molecule has 0 spiro atoms. The van der Waals surface area contributed by atoms with Crippen LogP contribution >= 0.6 is 11.6 Å². The number of hydrogen-bond acceptors (Lipinski definition) is 2. The van der Waals surface area contributed by atoms with Crippen molar-refractivity contribution in [2.24, 2.45) is 0 Å². The summed E-state index contributed by atoms with van der Waals surface area (Å²) in [6.45, 7) is 3.82. The van der Waals surface area contributed by atoms with Gasteiger partial charge in [0.1, 0.15) is 11.6 Å². The second-order valence-electron chi connectivity index (χ2n) is 5.38. The molecule has 0 saturated carbocycles. The molecule has 0 aliphatic carbocycles. The summed E-state index contributed by atoms with van der Waals surface area (Å²) in [7, 11) is 4.14. The van der Waals surface area contributed by atoms with Crippen molar-refractivity contribution >= 4 is 22.6 Å². The van der Waals surface area contributed by atoms with Gasteiger partial charge in [-0.15, -0.1) is 11.6 Å². The second-order valence-corrected chi connectivity index (χ2v) is 6.04. The average molecular weight is 298 g/mol. The third kappa shape index (κ3) is 3.49. The van der Waals surface area contributed by atoms with E-state index in [0.29, 0.717) is 5.52 Å². The van der Waals surface area contributed by atoms with Gasteiger partial charge in [-0.2, -0.15) is 0 Å². The first-order valence-corrected chi connectivity index (χ1v) is 7.37. The minimum Gasteiger partial charge on any atom is -0.327 e. The van der Waals surface area contributed by atoms with Gasteiger partial charge in [0.2, 0.25) is 0 Å². The number of aromatic nitrogens is 2. The van der Waals surface area contributed by atoms with Gasteiger partial charge in [0.05, 0.1) is 16.4 Å². The highest BCUT2D eigenvalue weighted by Gasteiger charge is 2.15. The van der Waals surface area contributed by atoms with Crippen LogP contribution in [0.2, 0.25) is 0 Å². The fourth-order valence-electron chi connectivity index (χ4n) is 2.36. The summed E-state index contributed by atoms with van der Waals surface area (Å²) < 4.78 is 15.4. The Bertz CT molecular complexity index is 578. The maximum atomic E-state index is 13.3. The number of aryl methyl sites for hydroxylation is 1. The molecule has 0 saturated heterocycles. The Kier molecular flexibility index (Phi) is 5.00. The van der Waals surface area contributed by atoms with Crippen LogP contribution in [0.4, 0.5) is 4.39 Å². The lowest BCUT2D eigenvalue weighted by molar-refractivity contribution is 0.387. The first-order valence-electron chi connectivity index (χ1n) is 6.93. The number of alkyl halides is 1. The lowest BCUT2D eigenvalue weighted by Crippen LogP contribution is -2.14. The third-order valence-electron chi connectivity index (χ3n) is 3.33. The largest absolute Gasteiger partial charge is 0.327 e. The van der Waals surface area contributed by atoms with Crippen molar-refractivity contribution in [3.05, 3.63) is 29.8 Å². The van der Waals surface area contributed by atoms with E-state index in [2.05, 4.69) is 28.5 Å². The Morgan fingerprint density at radius 2 is 2.10 bits per heavy atom. The van der Waals surface area contributed by atoms with Gasteiger partial charge >= 0.3 is 0 Å². The maximum absolute atomic E-state index is 13.3. The number of unbranched alkanes of at least 4 members (excludes halogenated alkanes) is 1. The molecule has 0 radical (unpaired) electrons. The monoisotopic (exact) mass is 297 g/mol. The van der Waals surface area contributed by atoms with Crippen LogP contribution in [0.15, 0.2) is 18.2 Å². The standard InChI is InChI=1S/C15H21ClFN3/c1-11(16)15-18-13-10-12(17)6-7-14(13)20(15)9-5-4-8-19(2)3/h6-7,10-11H,4-5,8-9H2,1-3H3. The van der Waals surface area contributed by atoms with Crippen LogP contribution in [-0.4, -0.2) is 35.1 Å². The van der Waals surface area contributed by atoms with E-state index in [1.165, 1.54) is 12.1 Å². The zero-order chi connectivity index (χ0) is 14.7. The van der Waals surface area contributed by atoms with Gasteiger partial charge in [0.15, 0.2) is 0 Å². The van der Waals surface area contributed by atoms with Crippen LogP contribution in [0, 0.1) is 5.82 Å². The molecule has 1 atom stereocenters. The van der Waals surface area contributed by atoms with Gasteiger partial charge in [0, 0.05) is 12.6 Å². The van der Waals surface area contributed by atoms with Crippen LogP contribution in [0.1, 0.15) is 31.0 Å². The molecule has 1 aromatic carbocycles. The van der Waals surface area contributed by atoms with E-state index >= 15 is 0 Å². The Balaban J connectivity index is 2.22. The molecular weight excluding hydrogens is 277 g/mol. The predicted molar refractivity (Wildman–Crippen MR) is 81.7 cm³/mol. The Morgan fingerprint density at radius 3 is 2.75 bits per heavy atom. The lowest BCUT2D eigenvalue weighted by Gasteiger charge is -2.12. The smallest absolute Gasteiger partial charge is 0.127 e. The predicted octanol–water partition coefficient (Wildman–Crippen LogP) is 3.82. The molecule has 0 fully saturated rings. The average Bonchev–Trinajstić information content (AvgIpc) is 2.72. The number of nitrogens with zero attached hydrogens (tertiary/aromatic N) is 3. The van der Waals surface area contributed by atoms with Crippen molar-refractivity contribution in [2.45, 2.75) is 31.7 Å². The molecular formula is C15H21ClFN3. The van der Waals surface area contributed by atoms with Crippen LogP contribution in [0.3, 0.4) is 0 Å². The summed E-state index contributed by atoms with van der Waals surface area (Å²) >= 11 is 6.20. The Hall–Kier alpha value is -1.13. The van der Waals surface area contributed by atoms with Crippen molar-refractivity contribution in [2.75, 3.05) is 20.6 Å². The lowest BCUT2D eigenvalue weighted by atomic mass is 10.2. The number of halogens is 2. The van der Waals surface area contributed by atoms with Gasteiger partial charge in [-0.1, -0.05) is 0 Å². The Morgan fingerprint density at radius 1 is 1.35 bits per heavy atom. The first kappa shape index (κ1) is 15.3. The molecule has 0 bridgehead atoms. The zero-order valence-corrected chi connectivity index (χ0v) is 13.0. The summed E-state index contributed by atoms with van der Waals surface area (Å²) in [6, 6.07) is 4.73. The highest BCUT2D eigenvalue weighted by Crippen LogP contribution is 2.25. The van der Waals surface area contributed by atoms with E-state index in [4.69, 9.17) is 11.6 Å². The number of hydrogen-bond donors (Lipinski definition) is 0. The molecule has 1 unspecified atom stereocenters. The molecule has 3 nitrogen and oxygen atoms in total. The molecule has 20 heavy (non-hydrogen) atoms.